The highest BCUT2D eigenvalue weighted by Crippen LogP contribution is 1.66. The minimum atomic E-state index is -0.833. The maximum absolute atomic E-state index is 9.60. The van der Waals surface area contributed by atoms with Gasteiger partial charge in [-0.25, -0.2) is 14.4 Å². The van der Waals surface area contributed by atoms with Gasteiger partial charge in [0.1, 0.15) is 0 Å². The first kappa shape index (κ1) is 17.8. The Labute approximate surface area is 80.5 Å². The lowest BCUT2D eigenvalue weighted by atomic mass is 10.9. The quantitative estimate of drug-likeness (QED) is 0.338. The van der Waals surface area contributed by atoms with Crippen molar-refractivity contribution in [3.63, 3.8) is 0 Å². The van der Waals surface area contributed by atoms with Gasteiger partial charge in [0.05, 0.1) is 6.61 Å². The van der Waals surface area contributed by atoms with Gasteiger partial charge in [0.25, 0.3) is 0 Å². The molecule has 0 aromatic carbocycles. The van der Waals surface area contributed by atoms with Crippen LogP contribution in [0.5, 0.6) is 0 Å². The third-order valence-electron chi connectivity index (χ3n) is 0.287. The van der Waals surface area contributed by atoms with Gasteiger partial charge in [-0.15, -0.1) is 0 Å². The Morgan fingerprint density at radius 2 is 1.14 bits per heavy atom. The van der Waals surface area contributed by atoms with Crippen molar-refractivity contribution in [1.29, 1.82) is 0 Å². The molecule has 0 heterocycles. The molecule has 0 aromatic rings. The molecular formula is C5H15N5O4. The van der Waals surface area contributed by atoms with E-state index in [9.17, 15) is 4.79 Å². The Bertz CT molecular complexity index is 163. The van der Waals surface area contributed by atoms with Gasteiger partial charge >= 0.3 is 18.2 Å². The van der Waals surface area contributed by atoms with E-state index in [1.165, 1.54) is 0 Å². The van der Waals surface area contributed by atoms with Crippen molar-refractivity contribution in [3.8, 4) is 0 Å². The third kappa shape index (κ3) is 1160. The second-order valence-electron chi connectivity index (χ2n) is 1.56. The van der Waals surface area contributed by atoms with E-state index in [0.29, 0.717) is 6.61 Å². The standard InChI is InChI=1S/C3H7NO2.2CH4N2O/c1-2-6-3(4)5;2*2-1(3)4/h2H2,1H3,(H2,4,5);2*(H4,2,3,4). The monoisotopic (exact) mass is 209 g/mol. The number of primary amides is 5. The molecule has 0 unspecified atom stereocenters. The number of hydrogen-bond acceptors (Lipinski definition) is 4. The maximum Gasteiger partial charge on any atom is 0.404 e. The molecule has 14 heavy (non-hydrogen) atoms. The van der Waals surface area contributed by atoms with Crippen LogP contribution in [0.15, 0.2) is 0 Å². The number of urea groups is 2. The van der Waals surface area contributed by atoms with Gasteiger partial charge in [-0.1, -0.05) is 0 Å². The molecule has 0 saturated heterocycles. The number of carbonyl (C=O) groups excluding carboxylic acids is 3. The molecule has 0 fully saturated rings. The average Bonchev–Trinajstić information content (AvgIpc) is 1.82. The molecule has 5 amide bonds. The van der Waals surface area contributed by atoms with E-state index in [1.54, 1.807) is 6.92 Å². The first-order chi connectivity index (χ1) is 6.23. The summed E-state index contributed by atoms with van der Waals surface area (Å²) in [7, 11) is 0. The topological polar surface area (TPSA) is 191 Å². The second-order valence-corrected chi connectivity index (χ2v) is 1.56. The van der Waals surface area contributed by atoms with Crippen LogP contribution >= 0.6 is 0 Å². The first-order valence-corrected chi connectivity index (χ1v) is 3.26. The fraction of sp³-hybridized carbons (Fsp3) is 0.400. The lowest BCUT2D eigenvalue weighted by molar-refractivity contribution is 0.163. The van der Waals surface area contributed by atoms with Crippen LogP contribution in [0.2, 0.25) is 0 Å². The van der Waals surface area contributed by atoms with Crippen LogP contribution in [-0.4, -0.2) is 24.8 Å². The summed E-state index contributed by atoms with van der Waals surface area (Å²) in [5, 5.41) is 0. The van der Waals surface area contributed by atoms with E-state index in [1.807, 2.05) is 0 Å². The van der Waals surface area contributed by atoms with Crippen molar-refractivity contribution < 1.29 is 19.1 Å². The predicted molar refractivity (Wildman–Crippen MR) is 48.8 cm³/mol. The largest absolute Gasteiger partial charge is 0.450 e. The lowest BCUT2D eigenvalue weighted by Crippen LogP contribution is -2.18. The molecule has 0 aliphatic carbocycles. The molecule has 9 heteroatoms. The fourth-order valence-electron chi connectivity index (χ4n) is 0.142. The zero-order valence-corrected chi connectivity index (χ0v) is 7.73. The summed E-state index contributed by atoms with van der Waals surface area (Å²) >= 11 is 0. The van der Waals surface area contributed by atoms with Crippen LogP contribution in [0.3, 0.4) is 0 Å². The summed E-state index contributed by atoms with van der Waals surface area (Å²) in [5.74, 6) is 0. The number of rotatable bonds is 1. The molecule has 84 valence electrons. The Kier molecular flexibility index (Phi) is 17.0. The number of hydrogen-bond donors (Lipinski definition) is 5. The molecule has 0 rings (SSSR count). The minimum absolute atomic E-state index is 0.356. The van der Waals surface area contributed by atoms with E-state index in [-0.39, 0.29) is 0 Å². The molecule has 0 aliphatic rings. The zero-order chi connectivity index (χ0) is 12.1. The van der Waals surface area contributed by atoms with Gasteiger partial charge in [0.15, 0.2) is 0 Å². The summed E-state index contributed by atoms with van der Waals surface area (Å²) in [5.41, 5.74) is 21.5. The summed E-state index contributed by atoms with van der Waals surface area (Å²) < 4.78 is 4.18. The van der Waals surface area contributed by atoms with Crippen molar-refractivity contribution in [3.05, 3.63) is 0 Å². The predicted octanol–water partition coefficient (Wildman–Crippen LogP) is -1.85. The number of carbonyl (C=O) groups is 3. The highest BCUT2D eigenvalue weighted by atomic mass is 16.5. The van der Waals surface area contributed by atoms with Gasteiger partial charge in [-0.05, 0) is 6.92 Å². The molecule has 0 saturated carbocycles. The lowest BCUT2D eigenvalue weighted by Gasteiger charge is -1.89. The smallest absolute Gasteiger partial charge is 0.404 e. The van der Waals surface area contributed by atoms with Crippen LogP contribution in [0.1, 0.15) is 6.92 Å². The van der Waals surface area contributed by atoms with Crippen molar-refractivity contribution in [2.75, 3.05) is 6.61 Å². The summed E-state index contributed by atoms with van der Waals surface area (Å²) in [6.45, 7) is 2.06. The summed E-state index contributed by atoms with van der Waals surface area (Å²) in [6.07, 6.45) is -0.711. The summed E-state index contributed by atoms with van der Waals surface area (Å²) in [4.78, 5) is 27.6. The number of amides is 5. The molecule has 0 spiro atoms. The second kappa shape index (κ2) is 13.4. The third-order valence-corrected chi connectivity index (χ3v) is 0.287. The van der Waals surface area contributed by atoms with Crippen molar-refractivity contribution in [2.45, 2.75) is 6.92 Å². The van der Waals surface area contributed by atoms with E-state index >= 15 is 0 Å². The van der Waals surface area contributed by atoms with E-state index < -0.39 is 18.2 Å². The molecule has 0 atom stereocenters. The molecule has 9 nitrogen and oxygen atoms in total. The molecule has 0 aliphatic heterocycles. The zero-order valence-electron chi connectivity index (χ0n) is 7.73. The molecule has 0 aromatic heterocycles. The molecule has 0 radical (unpaired) electrons. The Morgan fingerprint density at radius 3 is 1.14 bits per heavy atom. The minimum Gasteiger partial charge on any atom is -0.450 e. The highest BCUT2D eigenvalue weighted by Gasteiger charge is 1.82. The normalized spacial score (nSPS) is 6.64. The summed E-state index contributed by atoms with van der Waals surface area (Å²) in [6, 6.07) is -1.67. The maximum atomic E-state index is 9.60. The van der Waals surface area contributed by atoms with Gasteiger partial charge in [0, 0.05) is 0 Å². The number of nitrogens with two attached hydrogens (primary N) is 5. The van der Waals surface area contributed by atoms with Crippen LogP contribution in [0.4, 0.5) is 14.4 Å². The van der Waals surface area contributed by atoms with E-state index in [2.05, 4.69) is 33.4 Å². The van der Waals surface area contributed by atoms with Gasteiger partial charge < -0.3 is 33.4 Å². The Balaban J connectivity index is -0.000000135. The van der Waals surface area contributed by atoms with Crippen molar-refractivity contribution in [2.24, 2.45) is 28.7 Å². The van der Waals surface area contributed by atoms with Crippen LogP contribution in [0.25, 0.3) is 0 Å². The average molecular weight is 209 g/mol. The highest BCUT2D eigenvalue weighted by molar-refractivity contribution is 5.69. The van der Waals surface area contributed by atoms with Crippen LogP contribution in [-0.2, 0) is 4.74 Å². The molecule has 0 bridgehead atoms. The van der Waals surface area contributed by atoms with E-state index in [0.717, 1.165) is 0 Å². The van der Waals surface area contributed by atoms with Crippen LogP contribution < -0.4 is 28.7 Å². The van der Waals surface area contributed by atoms with Gasteiger partial charge in [-0.3, -0.25) is 0 Å². The first-order valence-electron chi connectivity index (χ1n) is 3.26. The number of ether oxygens (including phenoxy) is 1. The van der Waals surface area contributed by atoms with Crippen LogP contribution in [0, 0.1) is 0 Å². The van der Waals surface area contributed by atoms with Gasteiger partial charge in [0.2, 0.25) is 0 Å². The van der Waals surface area contributed by atoms with Crippen molar-refractivity contribution >= 4 is 18.2 Å². The Morgan fingerprint density at radius 1 is 0.929 bits per heavy atom. The van der Waals surface area contributed by atoms with Gasteiger partial charge in [-0.2, -0.15) is 0 Å². The Hall–Kier alpha value is -2.19. The van der Waals surface area contributed by atoms with Crippen molar-refractivity contribution in [1.82, 2.24) is 0 Å². The molecule has 10 N–H and O–H groups in total. The molecular weight excluding hydrogens is 194 g/mol. The SMILES string of the molecule is CCOC(N)=O.NC(N)=O.NC(N)=O. The fourth-order valence-corrected chi connectivity index (χ4v) is 0.142. The van der Waals surface area contributed by atoms with E-state index in [4.69, 9.17) is 9.59 Å².